The van der Waals surface area contributed by atoms with Crippen molar-refractivity contribution in [3.63, 3.8) is 0 Å². The van der Waals surface area contributed by atoms with Gasteiger partial charge in [0.15, 0.2) is 11.5 Å². The fourth-order valence-corrected chi connectivity index (χ4v) is 2.60. The van der Waals surface area contributed by atoms with Gasteiger partial charge >= 0.3 is 11.8 Å². The molecule has 2 aromatic rings. The fourth-order valence-electron chi connectivity index (χ4n) is 2.28. The molecular formula is C21H23Cl2N3O4. The molecule has 0 bridgehead atoms. The van der Waals surface area contributed by atoms with Crippen molar-refractivity contribution in [2.45, 2.75) is 32.9 Å². The summed E-state index contributed by atoms with van der Waals surface area (Å²) in [5.41, 5.74) is 3.70. The third-order valence-electron chi connectivity index (χ3n) is 4.14. The maximum Gasteiger partial charge on any atom is 0.329 e. The molecule has 2 rings (SSSR count). The van der Waals surface area contributed by atoms with E-state index in [1.165, 1.54) is 13.3 Å². The standard InChI is InChI=1S/C21H23Cl2N3O4/c1-4-13(2)25-20(27)21(28)26-24-11-14-6-8-18(19(10-14)29-3)30-12-15-5-7-16(22)17(23)9-15/h5-11,13H,4,12H2,1-3H3,(H,25,27)(H,26,28)/b24-11-/t13-/m0/s1. The molecule has 2 N–H and O–H groups in total. The minimum Gasteiger partial charge on any atom is -0.493 e. The van der Waals surface area contributed by atoms with Crippen molar-refractivity contribution in [2.24, 2.45) is 5.10 Å². The quantitative estimate of drug-likeness (QED) is 0.361. The number of rotatable bonds is 8. The van der Waals surface area contributed by atoms with Crippen LogP contribution in [0.3, 0.4) is 0 Å². The van der Waals surface area contributed by atoms with Crippen molar-refractivity contribution in [3.8, 4) is 11.5 Å². The van der Waals surface area contributed by atoms with Crippen molar-refractivity contribution < 1.29 is 19.1 Å². The van der Waals surface area contributed by atoms with Gasteiger partial charge < -0.3 is 14.8 Å². The van der Waals surface area contributed by atoms with E-state index in [4.69, 9.17) is 32.7 Å². The zero-order chi connectivity index (χ0) is 22.1. The number of hydrogen-bond acceptors (Lipinski definition) is 5. The van der Waals surface area contributed by atoms with Crippen LogP contribution in [0.5, 0.6) is 11.5 Å². The summed E-state index contributed by atoms with van der Waals surface area (Å²) in [5, 5.41) is 7.30. The third kappa shape index (κ3) is 6.93. The Morgan fingerprint density at radius 1 is 1.10 bits per heavy atom. The van der Waals surface area contributed by atoms with Gasteiger partial charge in [-0.25, -0.2) is 5.43 Å². The SMILES string of the molecule is CC[C@H](C)NC(=O)C(=O)N/N=C\c1ccc(OCc2ccc(Cl)c(Cl)c2)c(OC)c1. The van der Waals surface area contributed by atoms with Crippen LogP contribution in [-0.2, 0) is 16.2 Å². The molecule has 0 saturated heterocycles. The van der Waals surface area contributed by atoms with E-state index in [2.05, 4.69) is 15.8 Å². The summed E-state index contributed by atoms with van der Waals surface area (Å²) in [4.78, 5) is 23.4. The first kappa shape index (κ1) is 23.5. The number of methoxy groups -OCH3 is 1. The second-order valence-electron chi connectivity index (χ2n) is 6.43. The lowest BCUT2D eigenvalue weighted by Crippen LogP contribution is -2.41. The van der Waals surface area contributed by atoms with Crippen LogP contribution in [0.1, 0.15) is 31.4 Å². The molecule has 0 aliphatic carbocycles. The van der Waals surface area contributed by atoms with Gasteiger partial charge in [-0.15, -0.1) is 0 Å². The molecule has 2 aromatic carbocycles. The van der Waals surface area contributed by atoms with Gasteiger partial charge in [0, 0.05) is 6.04 Å². The molecule has 0 aliphatic heterocycles. The van der Waals surface area contributed by atoms with Crippen molar-refractivity contribution in [1.82, 2.24) is 10.7 Å². The number of hydrogen-bond donors (Lipinski definition) is 2. The van der Waals surface area contributed by atoms with Crippen LogP contribution >= 0.6 is 23.2 Å². The highest BCUT2D eigenvalue weighted by Gasteiger charge is 2.14. The largest absolute Gasteiger partial charge is 0.493 e. The lowest BCUT2D eigenvalue weighted by atomic mass is 10.2. The molecule has 160 valence electrons. The van der Waals surface area contributed by atoms with Crippen LogP contribution in [-0.4, -0.2) is 31.2 Å². The van der Waals surface area contributed by atoms with E-state index >= 15 is 0 Å². The summed E-state index contributed by atoms with van der Waals surface area (Å²) in [6.45, 7) is 4.00. The van der Waals surface area contributed by atoms with Gasteiger partial charge in [-0.3, -0.25) is 9.59 Å². The number of nitrogens with zero attached hydrogens (tertiary/aromatic N) is 1. The van der Waals surface area contributed by atoms with Crippen molar-refractivity contribution >= 4 is 41.2 Å². The predicted molar refractivity (Wildman–Crippen MR) is 117 cm³/mol. The molecule has 2 amide bonds. The monoisotopic (exact) mass is 451 g/mol. The summed E-state index contributed by atoms with van der Waals surface area (Å²) in [6, 6.07) is 10.3. The number of nitrogens with one attached hydrogen (secondary N) is 2. The van der Waals surface area contributed by atoms with E-state index in [0.717, 1.165) is 12.0 Å². The Kier molecular flexibility index (Phi) is 8.95. The zero-order valence-corrected chi connectivity index (χ0v) is 18.4. The molecule has 0 heterocycles. The molecule has 0 fully saturated rings. The van der Waals surface area contributed by atoms with Crippen molar-refractivity contribution in [3.05, 3.63) is 57.6 Å². The number of carbonyl (C=O) groups is 2. The van der Waals surface area contributed by atoms with Gasteiger partial charge in [0.1, 0.15) is 6.61 Å². The first-order chi connectivity index (χ1) is 14.3. The lowest BCUT2D eigenvalue weighted by molar-refractivity contribution is -0.139. The third-order valence-corrected chi connectivity index (χ3v) is 4.88. The van der Waals surface area contributed by atoms with Crippen molar-refractivity contribution in [1.29, 1.82) is 0 Å². The zero-order valence-electron chi connectivity index (χ0n) is 16.9. The van der Waals surface area contributed by atoms with Gasteiger partial charge in [0.05, 0.1) is 23.4 Å². The molecule has 7 nitrogen and oxygen atoms in total. The highest BCUT2D eigenvalue weighted by atomic mass is 35.5. The Balaban J connectivity index is 1.97. The summed E-state index contributed by atoms with van der Waals surface area (Å²) in [5.74, 6) is -0.553. The number of hydrazone groups is 1. The Labute approximate surface area is 185 Å². The minimum absolute atomic E-state index is 0.0899. The van der Waals surface area contributed by atoms with Gasteiger partial charge in [0.25, 0.3) is 0 Å². The average Bonchev–Trinajstić information content (AvgIpc) is 2.74. The molecular weight excluding hydrogens is 429 g/mol. The summed E-state index contributed by atoms with van der Waals surface area (Å²) in [6.07, 6.45) is 2.13. The molecule has 0 unspecified atom stereocenters. The Bertz CT molecular complexity index is 934. The molecule has 0 radical (unpaired) electrons. The first-order valence-electron chi connectivity index (χ1n) is 9.22. The van der Waals surface area contributed by atoms with Gasteiger partial charge in [0.2, 0.25) is 0 Å². The number of halogens is 2. The maximum atomic E-state index is 11.7. The maximum absolute atomic E-state index is 11.7. The molecule has 0 aromatic heterocycles. The van der Waals surface area contributed by atoms with E-state index in [1.807, 2.05) is 19.9 Å². The van der Waals surface area contributed by atoms with Gasteiger partial charge in [-0.2, -0.15) is 5.10 Å². The number of amides is 2. The van der Waals surface area contributed by atoms with Crippen LogP contribution in [0.2, 0.25) is 10.0 Å². The van der Waals surface area contributed by atoms with E-state index in [9.17, 15) is 9.59 Å². The van der Waals surface area contributed by atoms with Crippen LogP contribution in [0.25, 0.3) is 0 Å². The first-order valence-corrected chi connectivity index (χ1v) is 9.98. The van der Waals surface area contributed by atoms with Crippen LogP contribution < -0.4 is 20.2 Å². The Morgan fingerprint density at radius 2 is 1.87 bits per heavy atom. The van der Waals surface area contributed by atoms with Gasteiger partial charge in [-0.05, 0) is 54.8 Å². The summed E-state index contributed by atoms with van der Waals surface area (Å²) in [7, 11) is 1.52. The average molecular weight is 452 g/mol. The second kappa shape index (κ2) is 11.4. The van der Waals surface area contributed by atoms with E-state index < -0.39 is 11.8 Å². The molecule has 0 saturated carbocycles. The Morgan fingerprint density at radius 3 is 2.53 bits per heavy atom. The number of carbonyl (C=O) groups excluding carboxylic acids is 2. The summed E-state index contributed by atoms with van der Waals surface area (Å²) < 4.78 is 11.1. The predicted octanol–water partition coefficient (Wildman–Crippen LogP) is 3.95. The highest BCUT2D eigenvalue weighted by Crippen LogP contribution is 2.29. The molecule has 0 spiro atoms. The molecule has 9 heteroatoms. The van der Waals surface area contributed by atoms with Crippen LogP contribution in [0.4, 0.5) is 0 Å². The summed E-state index contributed by atoms with van der Waals surface area (Å²) >= 11 is 11.9. The van der Waals surface area contributed by atoms with Crippen molar-refractivity contribution in [2.75, 3.05) is 7.11 Å². The molecule has 1 atom stereocenters. The number of benzene rings is 2. The minimum atomic E-state index is -0.833. The van der Waals surface area contributed by atoms with Gasteiger partial charge in [-0.1, -0.05) is 36.2 Å². The lowest BCUT2D eigenvalue weighted by Gasteiger charge is -2.12. The topological polar surface area (TPSA) is 89.0 Å². The number of ether oxygens (including phenoxy) is 2. The van der Waals surface area contributed by atoms with E-state index in [1.54, 1.807) is 30.3 Å². The Hall–Kier alpha value is -2.77. The van der Waals surface area contributed by atoms with E-state index in [0.29, 0.717) is 27.1 Å². The smallest absolute Gasteiger partial charge is 0.329 e. The molecule has 0 aliphatic rings. The second-order valence-corrected chi connectivity index (χ2v) is 7.24. The molecule has 30 heavy (non-hydrogen) atoms. The normalized spacial score (nSPS) is 11.8. The fraction of sp³-hybridized carbons (Fsp3) is 0.286. The van der Waals surface area contributed by atoms with Crippen LogP contribution in [0.15, 0.2) is 41.5 Å². The van der Waals surface area contributed by atoms with Crippen LogP contribution in [0, 0.1) is 0 Å². The highest BCUT2D eigenvalue weighted by molar-refractivity contribution is 6.42. The van der Waals surface area contributed by atoms with E-state index in [-0.39, 0.29) is 12.6 Å².